The van der Waals surface area contributed by atoms with E-state index in [2.05, 4.69) is 15.6 Å². The fourth-order valence-electron chi connectivity index (χ4n) is 1.69. The molecule has 0 unspecified atom stereocenters. The molecule has 0 spiro atoms. The average molecular weight is 332 g/mol. The molecular formula is C12H20N4O7. The summed E-state index contributed by atoms with van der Waals surface area (Å²) in [6.07, 6.45) is -4.66. The van der Waals surface area contributed by atoms with Crippen LogP contribution >= 0.6 is 0 Å². The van der Waals surface area contributed by atoms with E-state index in [9.17, 15) is 29.7 Å². The minimum absolute atomic E-state index is 0.0928. The molecule has 3 atom stereocenters. The first-order valence-electron chi connectivity index (χ1n) is 6.75. The number of nitrogens with one attached hydrogen (secondary N) is 4. The van der Waals surface area contributed by atoms with E-state index >= 15 is 0 Å². The zero-order valence-electron chi connectivity index (χ0n) is 12.4. The summed E-state index contributed by atoms with van der Waals surface area (Å²) < 4.78 is 0. The molecule has 23 heavy (non-hydrogen) atoms. The number of Topliss-reactive ketones (excluding diaryl/α,β-unsaturated/α-hetero) is 1. The van der Waals surface area contributed by atoms with Crippen LogP contribution in [0.1, 0.15) is 6.92 Å². The molecular weight excluding hydrogens is 312 g/mol. The Morgan fingerprint density at radius 2 is 1.78 bits per heavy atom. The van der Waals surface area contributed by atoms with Crippen molar-refractivity contribution in [2.75, 3.05) is 30.3 Å². The summed E-state index contributed by atoms with van der Waals surface area (Å²) in [6.45, 7) is 0.0619. The molecule has 1 aromatic heterocycles. The summed E-state index contributed by atoms with van der Waals surface area (Å²) >= 11 is 0. The van der Waals surface area contributed by atoms with Crippen molar-refractivity contribution >= 4 is 17.3 Å². The summed E-state index contributed by atoms with van der Waals surface area (Å²) in [5, 5.41) is 42.2. The lowest BCUT2D eigenvalue weighted by Crippen LogP contribution is -2.43. The molecule has 0 aliphatic heterocycles. The molecule has 0 saturated carbocycles. The maximum atomic E-state index is 11.7. The fourth-order valence-corrected chi connectivity index (χ4v) is 1.69. The monoisotopic (exact) mass is 332 g/mol. The van der Waals surface area contributed by atoms with Crippen molar-refractivity contribution in [3.05, 3.63) is 20.8 Å². The molecule has 0 radical (unpaired) electrons. The minimum Gasteiger partial charge on any atom is -0.394 e. The Labute approximate surface area is 130 Å². The number of rotatable bonds is 9. The van der Waals surface area contributed by atoms with Crippen molar-refractivity contribution in [3.8, 4) is 0 Å². The SMILES string of the molecule is CC(=O)CNc1c(NC[C@H](O)[C@H](O)[C@H](O)CO)[nH]c(=O)[nH]c1=O. The Morgan fingerprint density at radius 3 is 2.35 bits per heavy atom. The molecule has 0 bridgehead atoms. The van der Waals surface area contributed by atoms with Gasteiger partial charge in [0, 0.05) is 6.54 Å². The number of aromatic amines is 2. The number of carbonyl (C=O) groups excluding carboxylic acids is 1. The highest BCUT2D eigenvalue weighted by Crippen LogP contribution is 2.11. The van der Waals surface area contributed by atoms with E-state index in [0.717, 1.165) is 0 Å². The predicted octanol–water partition coefficient (Wildman–Crippen LogP) is -3.45. The Morgan fingerprint density at radius 1 is 1.13 bits per heavy atom. The maximum Gasteiger partial charge on any atom is 0.327 e. The zero-order valence-corrected chi connectivity index (χ0v) is 12.4. The third kappa shape index (κ3) is 5.49. The molecule has 0 aliphatic carbocycles. The molecule has 0 aliphatic rings. The molecule has 1 heterocycles. The van der Waals surface area contributed by atoms with E-state index in [1.54, 1.807) is 0 Å². The first-order chi connectivity index (χ1) is 10.8. The van der Waals surface area contributed by atoms with E-state index < -0.39 is 36.2 Å². The quantitative estimate of drug-likeness (QED) is 0.227. The number of carbonyl (C=O) groups is 1. The summed E-state index contributed by atoms with van der Waals surface area (Å²) in [7, 11) is 0. The normalized spacial score (nSPS) is 14.8. The van der Waals surface area contributed by atoms with Crippen LogP contribution < -0.4 is 21.9 Å². The van der Waals surface area contributed by atoms with Crippen molar-refractivity contribution in [1.82, 2.24) is 9.97 Å². The van der Waals surface area contributed by atoms with Gasteiger partial charge in [0.2, 0.25) is 0 Å². The number of hydrogen-bond donors (Lipinski definition) is 8. The molecule has 130 valence electrons. The second-order valence-corrected chi connectivity index (χ2v) is 4.90. The van der Waals surface area contributed by atoms with Gasteiger partial charge in [-0.15, -0.1) is 0 Å². The molecule has 1 aromatic rings. The van der Waals surface area contributed by atoms with Crippen LogP contribution in [0, 0.1) is 0 Å². The van der Waals surface area contributed by atoms with Gasteiger partial charge in [0.05, 0.1) is 19.3 Å². The van der Waals surface area contributed by atoms with E-state index in [0.29, 0.717) is 0 Å². The van der Waals surface area contributed by atoms with E-state index in [1.165, 1.54) is 6.92 Å². The number of hydrogen-bond acceptors (Lipinski definition) is 9. The Balaban J connectivity index is 2.88. The van der Waals surface area contributed by atoms with Gasteiger partial charge < -0.3 is 31.1 Å². The highest BCUT2D eigenvalue weighted by atomic mass is 16.4. The van der Waals surface area contributed by atoms with Crippen molar-refractivity contribution < 1.29 is 25.2 Å². The van der Waals surface area contributed by atoms with Crippen LogP contribution in [0.3, 0.4) is 0 Å². The topological polar surface area (TPSA) is 188 Å². The molecule has 11 heteroatoms. The second kappa shape index (κ2) is 8.43. The van der Waals surface area contributed by atoms with E-state index in [4.69, 9.17) is 5.11 Å². The summed E-state index contributed by atoms with van der Waals surface area (Å²) in [5.74, 6) is -0.340. The predicted molar refractivity (Wildman–Crippen MR) is 80.4 cm³/mol. The number of aliphatic hydroxyl groups excluding tert-OH is 4. The van der Waals surface area contributed by atoms with E-state index in [-0.39, 0.29) is 30.4 Å². The summed E-state index contributed by atoms with van der Waals surface area (Å²) in [5.41, 5.74) is -1.71. The van der Waals surface area contributed by atoms with Crippen LogP contribution in [-0.4, -0.2) is 74.2 Å². The number of H-pyrrole nitrogens is 2. The number of aromatic nitrogens is 2. The van der Waals surface area contributed by atoms with Gasteiger partial charge in [-0.3, -0.25) is 19.6 Å². The van der Waals surface area contributed by atoms with Crippen molar-refractivity contribution in [3.63, 3.8) is 0 Å². The number of ketones is 1. The highest BCUT2D eigenvalue weighted by molar-refractivity contribution is 5.81. The Hall–Kier alpha value is -2.21. The van der Waals surface area contributed by atoms with Gasteiger partial charge in [-0.1, -0.05) is 0 Å². The van der Waals surface area contributed by atoms with Gasteiger partial charge in [0.25, 0.3) is 5.56 Å². The first kappa shape index (κ1) is 18.8. The summed E-state index contributed by atoms with van der Waals surface area (Å²) in [4.78, 5) is 38.3. The maximum absolute atomic E-state index is 11.7. The van der Waals surface area contributed by atoms with Crippen molar-refractivity contribution in [1.29, 1.82) is 0 Å². The largest absolute Gasteiger partial charge is 0.394 e. The second-order valence-electron chi connectivity index (χ2n) is 4.90. The summed E-state index contributed by atoms with van der Waals surface area (Å²) in [6, 6.07) is 0. The van der Waals surface area contributed by atoms with Crippen LogP contribution in [0.2, 0.25) is 0 Å². The van der Waals surface area contributed by atoms with Gasteiger partial charge in [-0.05, 0) is 6.92 Å². The van der Waals surface area contributed by atoms with Gasteiger partial charge in [0.1, 0.15) is 29.5 Å². The van der Waals surface area contributed by atoms with Crippen LogP contribution in [0.25, 0.3) is 0 Å². The lowest BCUT2D eigenvalue weighted by molar-refractivity contribution is -0.115. The lowest BCUT2D eigenvalue weighted by Gasteiger charge is -2.22. The van der Waals surface area contributed by atoms with Crippen molar-refractivity contribution in [2.45, 2.75) is 25.2 Å². The molecule has 0 amide bonds. The van der Waals surface area contributed by atoms with Gasteiger partial charge in [-0.2, -0.15) is 0 Å². The van der Waals surface area contributed by atoms with Gasteiger partial charge in [-0.25, -0.2) is 4.79 Å². The minimum atomic E-state index is -1.63. The first-order valence-corrected chi connectivity index (χ1v) is 6.75. The Kier molecular flexibility index (Phi) is 6.90. The standard InChI is InChI=1S/C12H20N4O7/c1-5(18)2-13-8-10(15-12(23)16-11(8)22)14-3-6(19)9(21)7(20)4-17/h6-7,9,13,17,19-21H,2-4H2,1H3,(H3,14,15,16,22,23)/t6-,7+,9-/m0/s1. The van der Waals surface area contributed by atoms with E-state index in [1.807, 2.05) is 4.98 Å². The molecule has 0 saturated heterocycles. The molecule has 0 aromatic carbocycles. The third-order valence-corrected chi connectivity index (χ3v) is 2.92. The van der Waals surface area contributed by atoms with Crippen LogP contribution in [0.4, 0.5) is 11.5 Å². The highest BCUT2D eigenvalue weighted by Gasteiger charge is 2.24. The zero-order chi connectivity index (χ0) is 17.6. The molecule has 8 N–H and O–H groups in total. The Bertz CT molecular complexity index is 641. The molecule has 1 rings (SSSR count). The average Bonchev–Trinajstić information content (AvgIpc) is 2.49. The smallest absolute Gasteiger partial charge is 0.327 e. The number of aliphatic hydroxyl groups is 4. The van der Waals surface area contributed by atoms with Gasteiger partial charge in [0.15, 0.2) is 0 Å². The van der Waals surface area contributed by atoms with Crippen LogP contribution in [0.15, 0.2) is 9.59 Å². The van der Waals surface area contributed by atoms with Crippen molar-refractivity contribution in [2.24, 2.45) is 0 Å². The lowest BCUT2D eigenvalue weighted by atomic mass is 10.1. The van der Waals surface area contributed by atoms with Gasteiger partial charge >= 0.3 is 5.69 Å². The number of anilines is 2. The molecule has 11 nitrogen and oxygen atoms in total. The third-order valence-electron chi connectivity index (χ3n) is 2.92. The fraction of sp³-hybridized carbons (Fsp3) is 0.583. The van der Waals surface area contributed by atoms with Crippen LogP contribution in [0.5, 0.6) is 0 Å². The molecule has 0 fully saturated rings. The van der Waals surface area contributed by atoms with Crippen LogP contribution in [-0.2, 0) is 4.79 Å².